The van der Waals surface area contributed by atoms with E-state index in [9.17, 15) is 19.8 Å². The SMILES string of the molecule is CC(C)NCC(O)COc1ccc(CCC(=O)[N-]CC[NH-])cc1.CC(C)NCC(O)COc1ccc(CCC(=O)[N-]CC[NH-])cc1.[O]=[Tc+4]. The number of carbonyl (C=O) groups is 2. The Balaban J connectivity index is 0.000000875. The molecule has 14 heteroatoms. The van der Waals surface area contributed by atoms with Crippen LogP contribution < -0.4 is 20.1 Å². The molecule has 0 radical (unpaired) electrons. The third-order valence-corrected chi connectivity index (χ3v) is 6.31. The predicted molar refractivity (Wildman–Crippen MR) is 184 cm³/mol. The van der Waals surface area contributed by atoms with E-state index in [1.54, 1.807) is 0 Å². The van der Waals surface area contributed by atoms with E-state index in [2.05, 4.69) is 21.3 Å². The Labute approximate surface area is 296 Å². The van der Waals surface area contributed by atoms with Crippen molar-refractivity contribution in [2.24, 2.45) is 0 Å². The standard InChI is InChI=1S/2C17H28N3O3.O.Tc/c2*1-13(2)20-11-15(21)12-23-16-6-3-14(4-7-16)5-8-17(22)19-10-9-18;;/h2*3-4,6-7,13,15,18,20-21H,5,8-12H2,1-2H3,(H,19,22);;/q2*-1;;+4/p-2. The van der Waals surface area contributed by atoms with Crippen molar-refractivity contribution in [1.82, 2.24) is 10.6 Å². The average molecular weight is 757 g/mol. The number of hydrogen-bond acceptors (Lipinski definition) is 9. The van der Waals surface area contributed by atoms with Crippen LogP contribution in [-0.4, -0.2) is 98.8 Å². The Bertz CT molecular complexity index is 1010. The van der Waals surface area contributed by atoms with Crippen molar-refractivity contribution in [2.75, 3.05) is 52.5 Å². The zero-order valence-corrected chi connectivity index (χ0v) is 30.5. The third kappa shape index (κ3) is 25.2. The Morgan fingerprint density at radius 2 is 1.02 bits per heavy atom. The molecule has 13 nitrogen and oxygen atoms in total. The van der Waals surface area contributed by atoms with E-state index in [0.717, 1.165) is 30.0 Å². The molecule has 2 unspecified atom stereocenters. The van der Waals surface area contributed by atoms with Gasteiger partial charge >= 0.3 is 22.4 Å². The first-order valence-electron chi connectivity index (χ1n) is 16.1. The van der Waals surface area contributed by atoms with Gasteiger partial charge in [-0.3, -0.25) is 0 Å². The number of rotatable bonds is 22. The van der Waals surface area contributed by atoms with Gasteiger partial charge in [0.15, 0.2) is 0 Å². The molecule has 0 fully saturated rings. The molecule has 0 aromatic heterocycles. The molecule has 0 saturated carbocycles. The molecule has 2 aromatic rings. The molecule has 6 N–H and O–H groups in total. The van der Waals surface area contributed by atoms with Crippen LogP contribution >= 0.6 is 0 Å². The summed E-state index contributed by atoms with van der Waals surface area (Å²) in [5.41, 5.74) is 16.0. The second-order valence-corrected chi connectivity index (χ2v) is 11.4. The summed E-state index contributed by atoms with van der Waals surface area (Å²) >= 11 is 0.900. The molecule has 0 saturated heterocycles. The fraction of sp³-hybridized carbons (Fsp3) is 0.588. The molecule has 0 spiro atoms. The molecule has 0 aliphatic rings. The monoisotopic (exact) mass is 755 g/mol. The van der Waals surface area contributed by atoms with Gasteiger partial charge in [-0.15, -0.1) is 13.1 Å². The van der Waals surface area contributed by atoms with Gasteiger partial charge in [-0.05, 0) is 61.1 Å². The van der Waals surface area contributed by atoms with E-state index in [1.165, 1.54) is 0 Å². The van der Waals surface area contributed by atoms with Gasteiger partial charge in [0.1, 0.15) is 36.9 Å². The Morgan fingerprint density at radius 3 is 1.31 bits per heavy atom. The quantitative estimate of drug-likeness (QED) is 0.133. The first-order valence-corrected chi connectivity index (χ1v) is 16.9. The number of aliphatic hydroxyl groups excluding tert-OH is 2. The number of nitrogens with one attached hydrogen (secondary N) is 4. The summed E-state index contributed by atoms with van der Waals surface area (Å²) in [6.45, 7) is 10.4. The van der Waals surface area contributed by atoms with Gasteiger partial charge in [-0.2, -0.15) is 13.1 Å². The van der Waals surface area contributed by atoms with Gasteiger partial charge in [0, 0.05) is 25.2 Å². The van der Waals surface area contributed by atoms with E-state index < -0.39 is 12.2 Å². The number of carbonyl (C=O) groups excluding carboxylic acids is 2. The molecular weight excluding hydrogens is 702 g/mol. The van der Waals surface area contributed by atoms with E-state index in [-0.39, 0.29) is 51.2 Å². The summed E-state index contributed by atoms with van der Waals surface area (Å²) in [5.74, 6) is 1.09. The van der Waals surface area contributed by atoms with Crippen LogP contribution in [0.1, 0.15) is 51.7 Å². The molecule has 0 heterocycles. The Kier molecular flexibility index (Phi) is 27.4. The molecule has 2 rings (SSSR count). The summed E-state index contributed by atoms with van der Waals surface area (Å²) in [6.07, 6.45) is 0.879. The van der Waals surface area contributed by atoms with E-state index in [0.29, 0.717) is 62.4 Å². The van der Waals surface area contributed by atoms with Crippen molar-refractivity contribution < 1.29 is 51.6 Å². The number of aliphatic hydroxyl groups is 2. The van der Waals surface area contributed by atoms with Gasteiger partial charge in [0.25, 0.3) is 0 Å². The topological polar surface area (TPSA) is 210 Å². The van der Waals surface area contributed by atoms with Crippen molar-refractivity contribution in [3.63, 3.8) is 0 Å². The van der Waals surface area contributed by atoms with Crippen LogP contribution in [0.4, 0.5) is 0 Å². The predicted octanol–water partition coefficient (Wildman–Crippen LogP) is 4.50. The molecule has 269 valence electrons. The van der Waals surface area contributed by atoms with Gasteiger partial charge in [-0.25, -0.2) is 0 Å². The van der Waals surface area contributed by atoms with Crippen molar-refractivity contribution in [1.29, 1.82) is 0 Å². The fourth-order valence-corrected chi connectivity index (χ4v) is 3.77. The molecule has 2 amide bonds. The van der Waals surface area contributed by atoms with Gasteiger partial charge in [0.2, 0.25) is 0 Å². The molecule has 0 aliphatic heterocycles. The number of aryl methyl sites for hydroxylation is 2. The van der Waals surface area contributed by atoms with Crippen LogP contribution in [0.2, 0.25) is 0 Å². The van der Waals surface area contributed by atoms with Gasteiger partial charge < -0.3 is 62.0 Å². The third-order valence-electron chi connectivity index (χ3n) is 6.31. The fourth-order valence-electron chi connectivity index (χ4n) is 3.77. The molecule has 2 aromatic carbocycles. The van der Waals surface area contributed by atoms with Crippen LogP contribution in [0.5, 0.6) is 11.5 Å². The summed E-state index contributed by atoms with van der Waals surface area (Å²) in [6, 6.07) is 15.6. The van der Waals surface area contributed by atoms with Crippen LogP contribution in [0.3, 0.4) is 0 Å². The Hall–Kier alpha value is -2.81. The minimum atomic E-state index is -0.548. The zero-order valence-electron chi connectivity index (χ0n) is 28.6. The van der Waals surface area contributed by atoms with Gasteiger partial charge in [0.05, 0.1) is 11.8 Å². The van der Waals surface area contributed by atoms with Gasteiger partial charge in [-0.1, -0.05) is 52.0 Å². The number of ether oxygens (including phenoxy) is 2. The van der Waals surface area contributed by atoms with Crippen LogP contribution in [0, 0.1) is 0 Å². The number of benzene rings is 2. The number of hydrogen-bond donors (Lipinski definition) is 4. The minimum absolute atomic E-state index is 0.149. The van der Waals surface area contributed by atoms with E-state index >= 15 is 0 Å². The summed E-state index contributed by atoms with van der Waals surface area (Å²) in [5, 5.41) is 33.4. The molecule has 48 heavy (non-hydrogen) atoms. The van der Waals surface area contributed by atoms with Crippen molar-refractivity contribution in [3.05, 3.63) is 81.8 Å². The van der Waals surface area contributed by atoms with Crippen molar-refractivity contribution in [2.45, 2.75) is 77.7 Å². The van der Waals surface area contributed by atoms with E-state index in [4.69, 9.17) is 24.4 Å². The van der Waals surface area contributed by atoms with Crippen molar-refractivity contribution in [3.8, 4) is 11.5 Å². The normalized spacial score (nSPS) is 11.8. The first-order chi connectivity index (χ1) is 23.0. The number of nitrogens with zero attached hydrogens (tertiary/aromatic N) is 2. The maximum absolute atomic E-state index is 11.4. The van der Waals surface area contributed by atoms with Crippen LogP contribution in [0.25, 0.3) is 22.1 Å². The molecule has 0 aliphatic carbocycles. The summed E-state index contributed by atoms with van der Waals surface area (Å²) in [7, 11) is 0. The van der Waals surface area contributed by atoms with E-state index in [1.807, 2.05) is 76.2 Å². The Morgan fingerprint density at radius 1 is 0.688 bits per heavy atom. The first kappa shape index (κ1) is 45.2. The van der Waals surface area contributed by atoms with Crippen molar-refractivity contribution >= 4 is 11.8 Å². The zero-order chi connectivity index (χ0) is 36.2. The summed E-state index contributed by atoms with van der Waals surface area (Å²) in [4.78, 5) is 22.8. The van der Waals surface area contributed by atoms with Crippen LogP contribution in [-0.2, 0) is 44.8 Å². The second kappa shape index (κ2) is 29.1. The number of amides is 2. The summed E-state index contributed by atoms with van der Waals surface area (Å²) < 4.78 is 19.3. The molecule has 2 atom stereocenters. The molecule has 0 bridgehead atoms. The average Bonchev–Trinajstić information content (AvgIpc) is 3.09. The maximum atomic E-state index is 11.4. The van der Waals surface area contributed by atoms with Crippen LogP contribution in [0.15, 0.2) is 48.5 Å². The molecular formula is C34H54N6O7Tc. The second-order valence-electron chi connectivity index (χ2n) is 11.4.